The number of carbonyl (C=O) groups excluding carboxylic acids is 1. The molecule has 0 atom stereocenters. The molecule has 3 heteroatoms. The summed E-state index contributed by atoms with van der Waals surface area (Å²) in [6.07, 6.45) is 3.45. The number of ether oxygens (including phenoxy) is 2. The lowest BCUT2D eigenvalue weighted by Gasteiger charge is -2.06. The van der Waals surface area contributed by atoms with Crippen molar-refractivity contribution in [3.05, 3.63) is 97.0 Å². The van der Waals surface area contributed by atoms with Gasteiger partial charge in [-0.05, 0) is 54.3 Å². The number of esters is 1. The quantitative estimate of drug-likeness (QED) is 0.205. The third-order valence-corrected chi connectivity index (χ3v) is 3.60. The number of carbonyl (C=O) groups is 1. The van der Waals surface area contributed by atoms with Crippen molar-refractivity contribution in [2.24, 2.45) is 0 Å². The molecule has 3 nitrogen and oxygen atoms in total. The second-order valence-electron chi connectivity index (χ2n) is 5.94. The first-order valence-corrected chi connectivity index (χ1v) is 8.13. The van der Waals surface area contributed by atoms with E-state index in [1.54, 1.807) is 25.3 Å². The van der Waals surface area contributed by atoms with Gasteiger partial charge in [0.15, 0.2) is 0 Å². The van der Waals surface area contributed by atoms with Crippen LogP contribution in [0.2, 0.25) is 0 Å². The van der Waals surface area contributed by atoms with Crippen LogP contribution in [0.15, 0.2) is 91.4 Å². The van der Waals surface area contributed by atoms with E-state index >= 15 is 0 Å². The molecule has 0 aliphatic heterocycles. The summed E-state index contributed by atoms with van der Waals surface area (Å²) in [6, 6.07) is 15.4. The van der Waals surface area contributed by atoms with Gasteiger partial charge in [0.1, 0.15) is 11.5 Å². The highest BCUT2D eigenvalue weighted by Gasteiger charge is 2.05. The summed E-state index contributed by atoms with van der Waals surface area (Å²) in [7, 11) is 0. The van der Waals surface area contributed by atoms with Gasteiger partial charge >= 0.3 is 5.97 Å². The minimum absolute atomic E-state index is 0.369. The SMILES string of the molecule is C=C(C)C(=C)OC=Cc1ccc(-c2ccc(OC(=O)C(=C)C)cc2)cc1. The molecule has 0 saturated carbocycles. The summed E-state index contributed by atoms with van der Waals surface area (Å²) in [6.45, 7) is 14.6. The van der Waals surface area contributed by atoms with Gasteiger partial charge in [-0.25, -0.2) is 4.79 Å². The van der Waals surface area contributed by atoms with Crippen LogP contribution < -0.4 is 4.74 Å². The summed E-state index contributed by atoms with van der Waals surface area (Å²) in [4.78, 5) is 11.5. The maximum absolute atomic E-state index is 11.5. The van der Waals surface area contributed by atoms with Crippen LogP contribution in [0, 0.1) is 0 Å². The highest BCUT2D eigenvalue weighted by Crippen LogP contribution is 2.23. The predicted octanol–water partition coefficient (Wildman–Crippen LogP) is 5.91. The minimum atomic E-state index is -0.426. The van der Waals surface area contributed by atoms with Crippen LogP contribution in [0.5, 0.6) is 5.75 Å². The first kappa shape index (κ1) is 19.0. The average Bonchev–Trinajstić information content (AvgIpc) is 2.62. The molecule has 2 rings (SSSR count). The Labute approximate surface area is 154 Å². The Bertz CT molecular complexity index is 853. The first-order valence-electron chi connectivity index (χ1n) is 8.13. The Balaban J connectivity index is 2.02. The maximum Gasteiger partial charge on any atom is 0.338 e. The van der Waals surface area contributed by atoms with Gasteiger partial charge in [0.05, 0.1) is 6.26 Å². The highest BCUT2D eigenvalue weighted by atomic mass is 16.5. The number of benzene rings is 2. The lowest BCUT2D eigenvalue weighted by atomic mass is 10.0. The molecule has 26 heavy (non-hydrogen) atoms. The van der Waals surface area contributed by atoms with Crippen LogP contribution in [0.4, 0.5) is 0 Å². The number of allylic oxidation sites excluding steroid dienone is 1. The third-order valence-electron chi connectivity index (χ3n) is 3.60. The van der Waals surface area contributed by atoms with E-state index in [4.69, 9.17) is 9.47 Å². The van der Waals surface area contributed by atoms with E-state index in [0.29, 0.717) is 17.1 Å². The Morgan fingerprint density at radius 2 is 1.38 bits per heavy atom. The monoisotopic (exact) mass is 346 g/mol. The van der Waals surface area contributed by atoms with Gasteiger partial charge in [-0.1, -0.05) is 56.1 Å². The Kier molecular flexibility index (Phi) is 6.34. The van der Waals surface area contributed by atoms with E-state index in [1.807, 2.05) is 49.4 Å². The minimum Gasteiger partial charge on any atom is -0.465 e. The number of hydrogen-bond donors (Lipinski definition) is 0. The van der Waals surface area contributed by atoms with Gasteiger partial charge in [0, 0.05) is 5.57 Å². The fourth-order valence-electron chi connectivity index (χ4n) is 1.99. The molecule has 0 heterocycles. The molecule has 0 aliphatic rings. The molecule has 0 N–H and O–H groups in total. The Morgan fingerprint density at radius 1 is 0.846 bits per heavy atom. The van der Waals surface area contributed by atoms with E-state index in [-0.39, 0.29) is 0 Å². The molecule has 0 unspecified atom stereocenters. The van der Waals surface area contributed by atoms with Gasteiger partial charge in [0.25, 0.3) is 0 Å². The van der Waals surface area contributed by atoms with E-state index in [0.717, 1.165) is 22.3 Å². The van der Waals surface area contributed by atoms with Crippen LogP contribution in [-0.2, 0) is 9.53 Å². The van der Waals surface area contributed by atoms with Crippen LogP contribution >= 0.6 is 0 Å². The maximum atomic E-state index is 11.5. The summed E-state index contributed by atoms with van der Waals surface area (Å²) in [5.74, 6) is 0.618. The molecular weight excluding hydrogens is 324 g/mol. The molecule has 0 spiro atoms. The summed E-state index contributed by atoms with van der Waals surface area (Å²) >= 11 is 0. The third kappa shape index (κ3) is 5.35. The van der Waals surface area contributed by atoms with Crippen LogP contribution in [-0.4, -0.2) is 5.97 Å². The fraction of sp³-hybridized carbons (Fsp3) is 0.0870. The molecule has 0 bridgehead atoms. The van der Waals surface area contributed by atoms with Crippen molar-refractivity contribution in [2.75, 3.05) is 0 Å². The molecule has 0 fully saturated rings. The van der Waals surface area contributed by atoms with Crippen molar-refractivity contribution in [3.63, 3.8) is 0 Å². The molecule has 0 amide bonds. The van der Waals surface area contributed by atoms with Gasteiger partial charge in [-0.3, -0.25) is 0 Å². The summed E-state index contributed by atoms with van der Waals surface area (Å²) in [5.41, 5.74) is 4.26. The summed E-state index contributed by atoms with van der Waals surface area (Å²) < 4.78 is 10.6. The predicted molar refractivity (Wildman–Crippen MR) is 106 cm³/mol. The highest BCUT2D eigenvalue weighted by molar-refractivity contribution is 5.88. The van der Waals surface area contributed by atoms with Gasteiger partial charge in [0.2, 0.25) is 0 Å². The smallest absolute Gasteiger partial charge is 0.338 e. The molecule has 2 aromatic carbocycles. The van der Waals surface area contributed by atoms with Gasteiger partial charge in [-0.15, -0.1) is 0 Å². The van der Waals surface area contributed by atoms with Crippen molar-refractivity contribution < 1.29 is 14.3 Å². The Morgan fingerprint density at radius 3 is 1.88 bits per heavy atom. The fourth-order valence-corrected chi connectivity index (χ4v) is 1.99. The van der Waals surface area contributed by atoms with Crippen molar-refractivity contribution >= 4 is 12.0 Å². The van der Waals surface area contributed by atoms with Crippen LogP contribution in [0.1, 0.15) is 19.4 Å². The van der Waals surface area contributed by atoms with Crippen molar-refractivity contribution in [3.8, 4) is 16.9 Å². The molecule has 2 aromatic rings. The molecule has 132 valence electrons. The van der Waals surface area contributed by atoms with Crippen LogP contribution in [0.3, 0.4) is 0 Å². The number of hydrogen-bond acceptors (Lipinski definition) is 3. The van der Waals surface area contributed by atoms with Gasteiger partial charge in [-0.2, -0.15) is 0 Å². The first-order chi connectivity index (χ1) is 12.4. The normalized spacial score (nSPS) is 10.4. The average molecular weight is 346 g/mol. The Hall–Kier alpha value is -3.33. The van der Waals surface area contributed by atoms with Crippen molar-refractivity contribution in [1.29, 1.82) is 0 Å². The zero-order valence-electron chi connectivity index (χ0n) is 15.1. The second kappa shape index (κ2) is 8.67. The van der Waals surface area contributed by atoms with Crippen molar-refractivity contribution in [1.82, 2.24) is 0 Å². The van der Waals surface area contributed by atoms with Crippen LogP contribution in [0.25, 0.3) is 17.2 Å². The van der Waals surface area contributed by atoms with Crippen molar-refractivity contribution in [2.45, 2.75) is 13.8 Å². The van der Waals surface area contributed by atoms with E-state index in [9.17, 15) is 4.79 Å². The molecule has 0 saturated heterocycles. The largest absolute Gasteiger partial charge is 0.465 e. The topological polar surface area (TPSA) is 35.5 Å². The van der Waals surface area contributed by atoms with E-state index < -0.39 is 5.97 Å². The molecule has 0 aromatic heterocycles. The number of rotatable bonds is 7. The zero-order valence-corrected chi connectivity index (χ0v) is 15.1. The molecular formula is C23H22O3. The molecule has 0 aliphatic carbocycles. The van der Waals surface area contributed by atoms with E-state index in [2.05, 4.69) is 19.7 Å². The lowest BCUT2D eigenvalue weighted by molar-refractivity contribution is -0.130. The lowest BCUT2D eigenvalue weighted by Crippen LogP contribution is -2.07. The standard InChI is InChI=1S/C23H22O3/c1-16(2)18(5)25-15-14-19-6-8-20(9-7-19)21-10-12-22(13-11-21)26-23(24)17(3)4/h6-15H,1,3,5H2,2,4H3. The van der Waals surface area contributed by atoms with Gasteiger partial charge < -0.3 is 9.47 Å². The molecule has 0 radical (unpaired) electrons. The van der Waals surface area contributed by atoms with E-state index in [1.165, 1.54) is 0 Å². The second-order valence-corrected chi connectivity index (χ2v) is 5.94. The summed E-state index contributed by atoms with van der Waals surface area (Å²) in [5, 5.41) is 0. The zero-order chi connectivity index (χ0) is 19.1.